The van der Waals surface area contributed by atoms with Gasteiger partial charge in [0.1, 0.15) is 0 Å². The Hall–Kier alpha value is -0.470. The van der Waals surface area contributed by atoms with Crippen LogP contribution in [0.5, 0.6) is 0 Å². The molecule has 0 aliphatic rings. The lowest BCUT2D eigenvalue weighted by Crippen LogP contribution is -1.35. The summed E-state index contributed by atoms with van der Waals surface area (Å²) in [5.41, 5.74) is 0. The Kier molecular flexibility index (Phi) is 2.23. The second-order valence-corrected chi connectivity index (χ2v) is 0.195. The van der Waals surface area contributed by atoms with Gasteiger partial charge in [-0.2, -0.15) is 4.39 Å². The van der Waals surface area contributed by atoms with Crippen molar-refractivity contribution in [2.75, 3.05) is 0 Å². The summed E-state index contributed by atoms with van der Waals surface area (Å²) in [4.78, 5) is 0. The zero-order valence-corrected chi connectivity index (χ0v) is 1.78. The van der Waals surface area contributed by atoms with Crippen LogP contribution in [-0.4, -0.2) is 6.47 Å². The van der Waals surface area contributed by atoms with Gasteiger partial charge >= 0.3 is 0 Å². The Morgan fingerprint density at radius 1 is 1.75 bits per heavy atom. The normalized spacial score (nSPS) is 9.50. The lowest BCUT2D eigenvalue weighted by Gasteiger charge is -1.42. The Labute approximate surface area is 21.9 Å². The Morgan fingerprint density at radius 2 is 2.00 bits per heavy atom. The predicted molar refractivity (Wildman–Crippen MR) is 10.7 cm³/mol. The summed E-state index contributed by atoms with van der Waals surface area (Å²) in [6, 6.07) is 0. The number of rotatable bonds is 0. The topological polar surface area (TPSA) is 12.4 Å². The van der Waals surface area contributed by atoms with Crippen LogP contribution >= 0.6 is 0 Å². The molecule has 0 aromatic heterocycles. The van der Waals surface area contributed by atoms with Crippen molar-refractivity contribution in [1.82, 2.24) is 0 Å². The van der Waals surface area contributed by atoms with Crippen molar-refractivity contribution in [3.05, 3.63) is 0 Å². The summed E-state index contributed by atoms with van der Waals surface area (Å²) < 4.78 is 20.0. The van der Waals surface area contributed by atoms with Gasteiger partial charge < -0.3 is 0 Å². The molecule has 0 spiro atoms. The van der Waals surface area contributed by atoms with Gasteiger partial charge in [-0.05, 0) is 0 Å². The quantitative estimate of drug-likeness (QED) is 0.371. The SMILES string of the molecule is F/C=N/F. The minimum Gasteiger partial charge on any atom is -0.191 e. The third kappa shape index (κ3) is 1.53. The van der Waals surface area contributed by atoms with Crippen molar-refractivity contribution >= 4 is 6.47 Å². The summed E-state index contributed by atoms with van der Waals surface area (Å²) in [5, 5.41) is 1.44. The van der Waals surface area contributed by atoms with Gasteiger partial charge in [0.05, 0.1) is 0 Å². The van der Waals surface area contributed by atoms with Crippen molar-refractivity contribution in [1.29, 1.82) is 0 Å². The van der Waals surface area contributed by atoms with E-state index >= 15 is 0 Å². The lowest BCUT2D eigenvalue weighted by molar-refractivity contribution is 0.527. The monoisotopic (exact) mass is 65.0 g/mol. The van der Waals surface area contributed by atoms with Gasteiger partial charge in [-0.3, -0.25) is 0 Å². The second kappa shape index (κ2) is 2.53. The molecule has 0 aliphatic carbocycles. The smallest absolute Gasteiger partial charge is 0.191 e. The molecule has 0 bridgehead atoms. The maximum Gasteiger partial charge on any atom is 0.207 e. The maximum atomic E-state index is 10.1. The van der Waals surface area contributed by atoms with Crippen LogP contribution in [0.25, 0.3) is 0 Å². The lowest BCUT2D eigenvalue weighted by atomic mass is 11.6. The van der Waals surface area contributed by atoms with Crippen molar-refractivity contribution in [2.45, 2.75) is 0 Å². The molecule has 0 aliphatic heterocycles. The highest BCUT2D eigenvalue weighted by Gasteiger charge is 1.43. The summed E-state index contributed by atoms with van der Waals surface area (Å²) >= 11 is 0. The second-order valence-electron chi connectivity index (χ2n) is 0.195. The molecule has 4 heavy (non-hydrogen) atoms. The van der Waals surface area contributed by atoms with Crippen LogP contribution in [-0.2, 0) is 0 Å². The predicted octanol–water partition coefficient (Wildman–Crippen LogP) is 0.869. The molecule has 0 unspecified atom stereocenters. The van der Waals surface area contributed by atoms with E-state index in [1.165, 1.54) is 5.21 Å². The summed E-state index contributed by atoms with van der Waals surface area (Å²) in [5.74, 6) is 0. The van der Waals surface area contributed by atoms with Gasteiger partial charge in [0.2, 0.25) is 6.47 Å². The molecule has 0 aromatic carbocycles. The third-order valence-electron chi connectivity index (χ3n) is 0.0369. The summed E-state index contributed by atoms with van der Waals surface area (Å²) in [6.07, 6.45) is 0. The fourth-order valence-corrected chi connectivity index (χ4v) is 0. The molecule has 24 valence electrons. The molecule has 0 saturated heterocycles. The molecular formula is CHF2N. The third-order valence-corrected chi connectivity index (χ3v) is 0.0369. The van der Waals surface area contributed by atoms with Crippen LogP contribution in [0.2, 0.25) is 0 Å². The van der Waals surface area contributed by atoms with Gasteiger partial charge in [0.25, 0.3) is 0 Å². The summed E-state index contributed by atoms with van der Waals surface area (Å²) in [7, 11) is 0. The first-order valence-corrected chi connectivity index (χ1v) is 0.645. The summed E-state index contributed by atoms with van der Waals surface area (Å²) in [6.45, 7) is -0.417. The molecule has 0 saturated carbocycles. The zero-order valence-electron chi connectivity index (χ0n) is 1.78. The van der Waals surface area contributed by atoms with Crippen molar-refractivity contribution in [2.24, 2.45) is 5.21 Å². The minimum atomic E-state index is -0.417. The van der Waals surface area contributed by atoms with Crippen LogP contribution in [0, 0.1) is 0 Å². The van der Waals surface area contributed by atoms with Crippen LogP contribution in [0.3, 0.4) is 0 Å². The van der Waals surface area contributed by atoms with E-state index in [4.69, 9.17) is 0 Å². The van der Waals surface area contributed by atoms with Gasteiger partial charge in [0, 0.05) is 0 Å². The number of halogens is 2. The maximum absolute atomic E-state index is 10.1. The molecular weight excluding hydrogens is 64.0 g/mol. The van der Waals surface area contributed by atoms with E-state index in [9.17, 15) is 8.87 Å². The van der Waals surface area contributed by atoms with Crippen LogP contribution in [0.1, 0.15) is 0 Å². The van der Waals surface area contributed by atoms with Crippen molar-refractivity contribution in [3.8, 4) is 0 Å². The van der Waals surface area contributed by atoms with Crippen LogP contribution in [0.4, 0.5) is 8.87 Å². The van der Waals surface area contributed by atoms with Crippen LogP contribution in [0.15, 0.2) is 5.21 Å². The first-order valence-electron chi connectivity index (χ1n) is 0.645. The highest BCUT2D eigenvalue weighted by Crippen LogP contribution is 1.57. The fourth-order valence-electron chi connectivity index (χ4n) is 0. The molecule has 0 N–H and O–H groups in total. The molecule has 0 rings (SSSR count). The zero-order chi connectivity index (χ0) is 3.41. The molecule has 0 radical (unpaired) electrons. The largest absolute Gasteiger partial charge is 0.207 e. The first kappa shape index (κ1) is 3.53. The molecule has 0 aromatic rings. The molecule has 0 amide bonds. The standard InChI is InChI=1S/CHF2N/c2-1-4-3/h1H/b4-1+. The molecule has 0 atom stereocenters. The Balaban J connectivity index is 2.55. The molecule has 0 heterocycles. The van der Waals surface area contributed by atoms with E-state index in [-0.39, 0.29) is 0 Å². The van der Waals surface area contributed by atoms with Crippen molar-refractivity contribution in [3.63, 3.8) is 0 Å². The Bertz CT molecular complexity index is 21.2. The van der Waals surface area contributed by atoms with E-state index in [1.54, 1.807) is 0 Å². The van der Waals surface area contributed by atoms with E-state index in [2.05, 4.69) is 0 Å². The van der Waals surface area contributed by atoms with Crippen molar-refractivity contribution < 1.29 is 8.87 Å². The highest BCUT2D eigenvalue weighted by molar-refractivity contribution is 5.42. The number of hydrogen-bond donors (Lipinski definition) is 0. The molecule has 0 fully saturated rings. The Morgan fingerprint density at radius 3 is 2.00 bits per heavy atom. The average molecular weight is 65.0 g/mol. The number of nitrogens with zero attached hydrogens (tertiary/aromatic N) is 1. The molecule has 1 nitrogen and oxygen atoms in total. The number of hydrogen-bond acceptors (Lipinski definition) is 1. The molecule has 3 heteroatoms. The minimum absolute atomic E-state index is 0.417. The highest BCUT2D eigenvalue weighted by atomic mass is 19.2. The van der Waals surface area contributed by atoms with E-state index in [1.807, 2.05) is 0 Å². The van der Waals surface area contributed by atoms with Gasteiger partial charge in [-0.25, -0.2) is 0 Å². The van der Waals surface area contributed by atoms with E-state index < -0.39 is 6.47 Å². The van der Waals surface area contributed by atoms with Gasteiger partial charge in [-0.1, -0.05) is 9.70 Å². The fraction of sp³-hybridized carbons (Fsp3) is 0. The van der Waals surface area contributed by atoms with Gasteiger partial charge in [0.15, 0.2) is 0 Å². The van der Waals surface area contributed by atoms with E-state index in [0.717, 1.165) is 0 Å². The van der Waals surface area contributed by atoms with E-state index in [0.29, 0.717) is 0 Å². The van der Waals surface area contributed by atoms with Crippen LogP contribution < -0.4 is 0 Å². The van der Waals surface area contributed by atoms with Gasteiger partial charge in [-0.15, -0.1) is 0 Å². The average Bonchev–Trinajstić information content (AvgIpc) is 1.37. The first-order chi connectivity index (χ1) is 1.91.